The van der Waals surface area contributed by atoms with Gasteiger partial charge in [-0.3, -0.25) is 0 Å². The molecule has 5 nitrogen and oxygen atoms in total. The van der Waals surface area contributed by atoms with Gasteiger partial charge in [0.25, 0.3) is 0 Å². The zero-order valence-electron chi connectivity index (χ0n) is 12.3. The van der Waals surface area contributed by atoms with Crippen LogP contribution in [-0.2, 0) is 21.2 Å². The highest BCUT2D eigenvalue weighted by Crippen LogP contribution is 2.21. The smallest absolute Gasteiger partial charge is 0.250 e. The number of rotatable bonds is 10. The highest BCUT2D eigenvalue weighted by molar-refractivity contribution is 7.91. The number of methoxy groups -OCH3 is 1. The fourth-order valence-electron chi connectivity index (χ4n) is 1.53. The Kier molecular flexibility index (Phi) is 7.68. The third-order valence-electron chi connectivity index (χ3n) is 2.84. The van der Waals surface area contributed by atoms with Crippen molar-refractivity contribution in [1.82, 2.24) is 10.0 Å². The Morgan fingerprint density at radius 3 is 2.75 bits per heavy atom. The minimum absolute atomic E-state index is 0.137. The average Bonchev–Trinajstić information content (AvgIpc) is 2.90. The Hall–Kier alpha value is -0.470. The van der Waals surface area contributed by atoms with E-state index in [1.807, 2.05) is 13.0 Å². The second kappa shape index (κ2) is 8.74. The third kappa shape index (κ3) is 5.88. The van der Waals surface area contributed by atoms with Crippen molar-refractivity contribution in [2.75, 3.05) is 26.7 Å². The Bertz CT molecular complexity index is 486. The Balaban J connectivity index is 2.52. The maximum atomic E-state index is 12.1. The molecule has 1 aromatic rings. The Morgan fingerprint density at radius 1 is 1.35 bits per heavy atom. The molecular formula is C13H24N2O3S2. The van der Waals surface area contributed by atoms with Crippen molar-refractivity contribution in [3.63, 3.8) is 0 Å². The molecule has 0 aromatic carbocycles. The quantitative estimate of drug-likeness (QED) is 0.643. The van der Waals surface area contributed by atoms with Crippen LogP contribution in [0.15, 0.2) is 16.3 Å². The number of hydrogen-bond acceptors (Lipinski definition) is 5. The summed E-state index contributed by atoms with van der Waals surface area (Å²) in [6, 6.07) is 3.55. The fourth-order valence-corrected chi connectivity index (χ4v) is 4.05. The first kappa shape index (κ1) is 17.6. The maximum absolute atomic E-state index is 12.1. The van der Waals surface area contributed by atoms with Gasteiger partial charge in [-0.15, -0.1) is 11.3 Å². The topological polar surface area (TPSA) is 67.4 Å². The molecule has 0 saturated heterocycles. The molecule has 116 valence electrons. The van der Waals surface area contributed by atoms with E-state index in [1.165, 1.54) is 11.3 Å². The highest BCUT2D eigenvalue weighted by Gasteiger charge is 2.17. The molecule has 0 aliphatic rings. The molecule has 1 atom stereocenters. The molecule has 0 amide bonds. The van der Waals surface area contributed by atoms with Gasteiger partial charge in [-0.25, -0.2) is 13.1 Å². The summed E-state index contributed by atoms with van der Waals surface area (Å²) in [7, 11) is -1.85. The Morgan fingerprint density at radius 2 is 2.10 bits per heavy atom. The predicted molar refractivity (Wildman–Crippen MR) is 82.8 cm³/mol. The van der Waals surface area contributed by atoms with Crippen LogP contribution in [0.2, 0.25) is 0 Å². The highest BCUT2D eigenvalue weighted by atomic mass is 32.2. The van der Waals surface area contributed by atoms with Crippen LogP contribution in [0.25, 0.3) is 0 Å². The maximum Gasteiger partial charge on any atom is 0.250 e. The van der Waals surface area contributed by atoms with Crippen molar-refractivity contribution in [2.24, 2.45) is 0 Å². The molecule has 0 fully saturated rings. The van der Waals surface area contributed by atoms with E-state index in [0.29, 0.717) is 4.21 Å². The Labute approximate surface area is 125 Å². The largest absolute Gasteiger partial charge is 0.380 e. The van der Waals surface area contributed by atoms with Gasteiger partial charge in [0.2, 0.25) is 10.0 Å². The van der Waals surface area contributed by atoms with Gasteiger partial charge in [0.1, 0.15) is 4.21 Å². The number of sulfonamides is 1. The summed E-state index contributed by atoms with van der Waals surface area (Å²) in [4.78, 5) is 1.08. The third-order valence-corrected chi connectivity index (χ3v) is 5.90. The zero-order chi connectivity index (χ0) is 15.0. The van der Waals surface area contributed by atoms with E-state index in [9.17, 15) is 8.42 Å². The van der Waals surface area contributed by atoms with Gasteiger partial charge in [-0.05, 0) is 45.0 Å². The lowest BCUT2D eigenvalue weighted by atomic mass is 10.3. The summed E-state index contributed by atoms with van der Waals surface area (Å²) >= 11 is 1.33. The normalized spacial score (nSPS) is 13.6. The van der Waals surface area contributed by atoms with Gasteiger partial charge in [0.15, 0.2) is 0 Å². The van der Waals surface area contributed by atoms with Crippen LogP contribution in [0, 0.1) is 0 Å². The van der Waals surface area contributed by atoms with E-state index in [0.717, 1.165) is 30.8 Å². The molecule has 0 aliphatic heterocycles. The molecule has 7 heteroatoms. The first-order chi connectivity index (χ1) is 9.49. The molecule has 0 saturated carbocycles. The van der Waals surface area contributed by atoms with Crippen molar-refractivity contribution in [3.8, 4) is 0 Å². The van der Waals surface area contributed by atoms with E-state index >= 15 is 0 Å². The van der Waals surface area contributed by atoms with Crippen LogP contribution >= 0.6 is 11.3 Å². The molecule has 0 bridgehead atoms. The summed E-state index contributed by atoms with van der Waals surface area (Å²) < 4.78 is 32.1. The molecule has 20 heavy (non-hydrogen) atoms. The van der Waals surface area contributed by atoms with Crippen molar-refractivity contribution in [2.45, 2.75) is 37.0 Å². The summed E-state index contributed by atoms with van der Waals surface area (Å²) in [5.74, 6) is 0. The van der Waals surface area contributed by atoms with E-state index < -0.39 is 10.0 Å². The van der Waals surface area contributed by atoms with E-state index in [-0.39, 0.29) is 12.6 Å². The molecular weight excluding hydrogens is 296 g/mol. The molecule has 0 aliphatic carbocycles. The number of hydrogen-bond donors (Lipinski definition) is 2. The molecule has 1 heterocycles. The van der Waals surface area contributed by atoms with Crippen molar-refractivity contribution >= 4 is 21.4 Å². The van der Waals surface area contributed by atoms with E-state index in [4.69, 9.17) is 4.74 Å². The summed E-state index contributed by atoms with van der Waals surface area (Å²) in [6.07, 6.45) is 1.82. The number of thiophene rings is 1. The lowest BCUT2D eigenvalue weighted by Gasteiger charge is -2.10. The van der Waals surface area contributed by atoms with Gasteiger partial charge in [-0.2, -0.15) is 0 Å². The minimum Gasteiger partial charge on any atom is -0.380 e. The van der Waals surface area contributed by atoms with Crippen LogP contribution in [-0.4, -0.2) is 41.3 Å². The van der Waals surface area contributed by atoms with Crippen molar-refractivity contribution in [3.05, 3.63) is 17.0 Å². The fraction of sp³-hybridized carbons (Fsp3) is 0.692. The van der Waals surface area contributed by atoms with E-state index in [1.54, 1.807) is 13.2 Å². The minimum atomic E-state index is -3.41. The monoisotopic (exact) mass is 320 g/mol. The van der Waals surface area contributed by atoms with Crippen LogP contribution in [0.1, 0.15) is 25.1 Å². The summed E-state index contributed by atoms with van der Waals surface area (Å²) in [5.41, 5.74) is 0. The lowest BCUT2D eigenvalue weighted by Crippen LogP contribution is -2.31. The summed E-state index contributed by atoms with van der Waals surface area (Å²) in [6.45, 7) is 6.09. The van der Waals surface area contributed by atoms with Crippen LogP contribution in [0.5, 0.6) is 0 Å². The zero-order valence-corrected chi connectivity index (χ0v) is 13.9. The lowest BCUT2D eigenvalue weighted by molar-refractivity contribution is 0.122. The molecule has 1 aromatic heterocycles. The van der Waals surface area contributed by atoms with E-state index in [2.05, 4.69) is 17.0 Å². The number of nitrogens with one attached hydrogen (secondary N) is 2. The first-order valence-electron chi connectivity index (χ1n) is 6.81. The van der Waals surface area contributed by atoms with Crippen LogP contribution in [0.3, 0.4) is 0 Å². The molecule has 0 radical (unpaired) electrons. The second-order valence-electron chi connectivity index (χ2n) is 4.62. The molecule has 2 N–H and O–H groups in total. The molecule has 1 unspecified atom stereocenters. The summed E-state index contributed by atoms with van der Waals surface area (Å²) in [5, 5.41) is 3.30. The average molecular weight is 320 g/mol. The van der Waals surface area contributed by atoms with Gasteiger partial charge < -0.3 is 10.1 Å². The molecule has 1 rings (SSSR count). The second-order valence-corrected chi connectivity index (χ2v) is 7.78. The SMILES string of the molecule is CCCNCCc1ccc(S(=O)(=O)NCC(C)OC)s1. The van der Waals surface area contributed by atoms with Crippen molar-refractivity contribution in [1.29, 1.82) is 0 Å². The van der Waals surface area contributed by atoms with Crippen LogP contribution < -0.4 is 10.0 Å². The van der Waals surface area contributed by atoms with Gasteiger partial charge in [0.05, 0.1) is 6.10 Å². The van der Waals surface area contributed by atoms with Gasteiger partial charge in [-0.1, -0.05) is 6.92 Å². The van der Waals surface area contributed by atoms with Crippen molar-refractivity contribution < 1.29 is 13.2 Å². The number of ether oxygens (including phenoxy) is 1. The predicted octanol–water partition coefficient (Wildman–Crippen LogP) is 1.60. The first-order valence-corrected chi connectivity index (χ1v) is 9.11. The van der Waals surface area contributed by atoms with Crippen LogP contribution in [0.4, 0.5) is 0 Å². The standard InChI is InChI=1S/C13H24N2O3S2/c1-4-8-14-9-7-12-5-6-13(19-12)20(16,17)15-10-11(2)18-3/h5-6,11,14-15H,4,7-10H2,1-3H3. The molecule has 0 spiro atoms. The van der Waals surface area contributed by atoms with Gasteiger partial charge >= 0.3 is 0 Å². The van der Waals surface area contributed by atoms with Gasteiger partial charge in [0, 0.05) is 18.5 Å².